The van der Waals surface area contributed by atoms with Gasteiger partial charge in [-0.2, -0.15) is 4.68 Å². The highest BCUT2D eigenvalue weighted by molar-refractivity contribution is 5.81. The number of rotatable bonds is 1. The van der Waals surface area contributed by atoms with Gasteiger partial charge in [-0.1, -0.05) is 24.3 Å². The molecule has 0 saturated heterocycles. The standard InChI is InChI=1S/C15H10N4O2/c20-13-9-5-1-2-6-10(9)14(21)19(18-13)15-16-11-7-3-4-8-12(11)17-15/h1-8H,(H,16,17)(H,18,20). The van der Waals surface area contributed by atoms with Crippen LogP contribution in [0.1, 0.15) is 0 Å². The molecule has 0 bridgehead atoms. The molecule has 0 unspecified atom stereocenters. The topological polar surface area (TPSA) is 83.5 Å². The second-order valence-electron chi connectivity index (χ2n) is 4.70. The Hall–Kier alpha value is -3.15. The second-order valence-corrected chi connectivity index (χ2v) is 4.70. The number of nitrogens with one attached hydrogen (secondary N) is 2. The average molecular weight is 278 g/mol. The summed E-state index contributed by atoms with van der Waals surface area (Å²) in [5.41, 5.74) is 0.886. The van der Waals surface area contributed by atoms with E-state index in [1.807, 2.05) is 24.3 Å². The van der Waals surface area contributed by atoms with Crippen LogP contribution in [0.2, 0.25) is 0 Å². The molecule has 0 amide bonds. The van der Waals surface area contributed by atoms with Crippen LogP contribution in [0, 0.1) is 0 Å². The molecule has 0 aliphatic carbocycles. The van der Waals surface area contributed by atoms with E-state index in [2.05, 4.69) is 15.1 Å². The van der Waals surface area contributed by atoms with Gasteiger partial charge in [-0.15, -0.1) is 0 Å². The number of aromatic nitrogens is 4. The zero-order valence-electron chi connectivity index (χ0n) is 10.8. The summed E-state index contributed by atoms with van der Waals surface area (Å²) >= 11 is 0. The molecule has 0 fully saturated rings. The molecule has 0 saturated carbocycles. The third-order valence-corrected chi connectivity index (χ3v) is 3.41. The fourth-order valence-electron chi connectivity index (χ4n) is 2.39. The van der Waals surface area contributed by atoms with Crippen LogP contribution in [0.5, 0.6) is 0 Å². The van der Waals surface area contributed by atoms with Crippen molar-refractivity contribution in [2.75, 3.05) is 0 Å². The molecule has 6 heteroatoms. The zero-order chi connectivity index (χ0) is 14.4. The number of imidazole rings is 1. The van der Waals surface area contributed by atoms with Crippen LogP contribution in [0.25, 0.3) is 27.8 Å². The maximum Gasteiger partial charge on any atom is 0.280 e. The fraction of sp³-hybridized carbons (Fsp3) is 0. The van der Waals surface area contributed by atoms with E-state index in [0.29, 0.717) is 16.7 Å². The highest BCUT2D eigenvalue weighted by atomic mass is 16.2. The van der Waals surface area contributed by atoms with Crippen LogP contribution >= 0.6 is 0 Å². The molecule has 102 valence electrons. The number of H-pyrrole nitrogens is 2. The van der Waals surface area contributed by atoms with Crippen LogP contribution < -0.4 is 11.1 Å². The van der Waals surface area contributed by atoms with Gasteiger partial charge in [0.2, 0.25) is 5.95 Å². The predicted octanol–water partition coefficient (Wildman–Crippen LogP) is 1.56. The SMILES string of the molecule is O=c1[nH]n(-c2nc3ccccc3[nH]2)c(=O)c2ccccc12. The van der Waals surface area contributed by atoms with Crippen LogP contribution in [0.4, 0.5) is 0 Å². The smallest absolute Gasteiger partial charge is 0.280 e. The molecule has 2 aromatic carbocycles. The van der Waals surface area contributed by atoms with Crippen molar-refractivity contribution in [2.24, 2.45) is 0 Å². The molecular formula is C15H10N4O2. The normalized spacial score (nSPS) is 11.2. The van der Waals surface area contributed by atoms with Gasteiger partial charge >= 0.3 is 0 Å². The number of fused-ring (bicyclic) bond motifs is 2. The summed E-state index contributed by atoms with van der Waals surface area (Å²) in [6, 6.07) is 14.1. The van der Waals surface area contributed by atoms with E-state index in [9.17, 15) is 9.59 Å². The van der Waals surface area contributed by atoms with Gasteiger partial charge in [0.1, 0.15) is 0 Å². The molecule has 2 heterocycles. The lowest BCUT2D eigenvalue weighted by Gasteiger charge is -2.03. The minimum absolute atomic E-state index is 0.295. The second kappa shape index (κ2) is 4.17. The minimum Gasteiger partial charge on any atom is -0.322 e. The van der Waals surface area contributed by atoms with E-state index in [1.165, 1.54) is 0 Å². The monoisotopic (exact) mass is 278 g/mol. The molecule has 2 aromatic heterocycles. The number of aromatic amines is 2. The average Bonchev–Trinajstić information content (AvgIpc) is 2.94. The van der Waals surface area contributed by atoms with Crippen molar-refractivity contribution in [3.05, 3.63) is 69.2 Å². The van der Waals surface area contributed by atoms with E-state index in [0.717, 1.165) is 15.7 Å². The Balaban J connectivity index is 2.09. The van der Waals surface area contributed by atoms with Crippen LogP contribution in [0.3, 0.4) is 0 Å². The lowest BCUT2D eigenvalue weighted by molar-refractivity contribution is 0.763. The lowest BCUT2D eigenvalue weighted by Crippen LogP contribution is -2.29. The van der Waals surface area contributed by atoms with Gasteiger partial charge in [-0.3, -0.25) is 14.7 Å². The molecule has 0 aliphatic heterocycles. The first kappa shape index (κ1) is 11.7. The lowest BCUT2D eigenvalue weighted by atomic mass is 10.2. The molecule has 4 aromatic rings. The van der Waals surface area contributed by atoms with Gasteiger partial charge in [0.25, 0.3) is 11.1 Å². The summed E-state index contributed by atoms with van der Waals surface area (Å²) < 4.78 is 1.14. The molecule has 21 heavy (non-hydrogen) atoms. The van der Waals surface area contributed by atoms with Crippen molar-refractivity contribution < 1.29 is 0 Å². The number of benzene rings is 2. The van der Waals surface area contributed by atoms with Crippen molar-refractivity contribution in [2.45, 2.75) is 0 Å². The number of hydrogen-bond donors (Lipinski definition) is 2. The van der Waals surface area contributed by atoms with Gasteiger partial charge in [0, 0.05) is 0 Å². The maximum atomic E-state index is 12.5. The van der Waals surface area contributed by atoms with E-state index in [4.69, 9.17) is 0 Å². The Bertz CT molecular complexity index is 1050. The Morgan fingerprint density at radius 3 is 2.43 bits per heavy atom. The highest BCUT2D eigenvalue weighted by Crippen LogP contribution is 2.12. The van der Waals surface area contributed by atoms with Crippen molar-refractivity contribution in [3.63, 3.8) is 0 Å². The Morgan fingerprint density at radius 2 is 1.62 bits per heavy atom. The summed E-state index contributed by atoms with van der Waals surface area (Å²) in [5, 5.41) is 3.28. The zero-order valence-corrected chi connectivity index (χ0v) is 10.8. The molecule has 0 aliphatic rings. The fourth-order valence-corrected chi connectivity index (χ4v) is 2.39. The van der Waals surface area contributed by atoms with E-state index in [1.54, 1.807) is 24.3 Å². The molecule has 0 atom stereocenters. The van der Waals surface area contributed by atoms with Crippen molar-refractivity contribution in [1.29, 1.82) is 0 Å². The first-order valence-electron chi connectivity index (χ1n) is 6.43. The predicted molar refractivity (Wildman–Crippen MR) is 79.8 cm³/mol. The summed E-state index contributed by atoms with van der Waals surface area (Å²) in [6.07, 6.45) is 0. The van der Waals surface area contributed by atoms with Crippen molar-refractivity contribution >= 4 is 21.8 Å². The van der Waals surface area contributed by atoms with E-state index < -0.39 is 0 Å². The summed E-state index contributed by atoms with van der Waals surface area (Å²) in [4.78, 5) is 31.9. The van der Waals surface area contributed by atoms with Crippen molar-refractivity contribution in [1.82, 2.24) is 19.7 Å². The Labute approximate surface area is 117 Å². The molecule has 2 N–H and O–H groups in total. The molecule has 0 spiro atoms. The largest absolute Gasteiger partial charge is 0.322 e. The first-order chi connectivity index (χ1) is 10.2. The summed E-state index contributed by atoms with van der Waals surface area (Å²) in [7, 11) is 0. The molecule has 4 rings (SSSR count). The number of nitrogens with zero attached hydrogens (tertiary/aromatic N) is 2. The highest BCUT2D eigenvalue weighted by Gasteiger charge is 2.11. The Kier molecular flexibility index (Phi) is 2.32. The van der Waals surface area contributed by atoms with E-state index >= 15 is 0 Å². The van der Waals surface area contributed by atoms with Crippen molar-refractivity contribution in [3.8, 4) is 5.95 Å². The van der Waals surface area contributed by atoms with Gasteiger partial charge in [0.15, 0.2) is 0 Å². The molecule has 0 radical (unpaired) electrons. The quantitative estimate of drug-likeness (QED) is 0.554. The first-order valence-corrected chi connectivity index (χ1v) is 6.43. The van der Waals surface area contributed by atoms with Crippen LogP contribution in [-0.4, -0.2) is 19.7 Å². The van der Waals surface area contributed by atoms with E-state index in [-0.39, 0.29) is 11.1 Å². The molecular weight excluding hydrogens is 268 g/mol. The summed E-state index contributed by atoms with van der Waals surface area (Å²) in [6.45, 7) is 0. The van der Waals surface area contributed by atoms with Crippen LogP contribution in [0.15, 0.2) is 58.1 Å². The number of hydrogen-bond acceptors (Lipinski definition) is 3. The van der Waals surface area contributed by atoms with Gasteiger partial charge in [-0.25, -0.2) is 4.98 Å². The Morgan fingerprint density at radius 1 is 0.905 bits per heavy atom. The third kappa shape index (κ3) is 1.69. The summed E-state index contributed by atoms with van der Waals surface area (Å²) in [5.74, 6) is 0.295. The third-order valence-electron chi connectivity index (χ3n) is 3.41. The van der Waals surface area contributed by atoms with Crippen LogP contribution in [-0.2, 0) is 0 Å². The number of para-hydroxylation sites is 2. The van der Waals surface area contributed by atoms with Gasteiger partial charge in [-0.05, 0) is 24.3 Å². The van der Waals surface area contributed by atoms with Gasteiger partial charge in [0.05, 0.1) is 21.8 Å². The molecule has 6 nitrogen and oxygen atoms in total. The maximum absolute atomic E-state index is 12.5. The van der Waals surface area contributed by atoms with Gasteiger partial charge < -0.3 is 4.98 Å². The minimum atomic E-state index is -0.328.